The van der Waals surface area contributed by atoms with Gasteiger partial charge in [0.25, 0.3) is 0 Å². The highest BCUT2D eigenvalue weighted by molar-refractivity contribution is 5.32. The van der Waals surface area contributed by atoms with Gasteiger partial charge in [0, 0.05) is 24.5 Å². The third-order valence-electron chi connectivity index (χ3n) is 3.28. The molecule has 0 spiro atoms. The molecule has 4 heteroatoms. The van der Waals surface area contributed by atoms with Gasteiger partial charge in [-0.2, -0.15) is 0 Å². The molecule has 1 aromatic rings. The predicted octanol–water partition coefficient (Wildman–Crippen LogP) is 1.91. The Morgan fingerprint density at radius 1 is 1.53 bits per heavy atom. The first-order valence-corrected chi connectivity index (χ1v) is 6.41. The van der Waals surface area contributed by atoms with E-state index in [2.05, 4.69) is 14.9 Å². The van der Waals surface area contributed by atoms with Crippen molar-refractivity contribution in [2.24, 2.45) is 0 Å². The predicted molar refractivity (Wildman–Crippen MR) is 68.1 cm³/mol. The molecule has 2 heterocycles. The third-order valence-corrected chi connectivity index (χ3v) is 3.28. The molecule has 0 amide bonds. The van der Waals surface area contributed by atoms with Crippen molar-refractivity contribution >= 4 is 5.95 Å². The first kappa shape index (κ1) is 12.3. The summed E-state index contributed by atoms with van der Waals surface area (Å²) in [4.78, 5) is 11.1. The van der Waals surface area contributed by atoms with Crippen LogP contribution in [0.15, 0.2) is 12.3 Å². The number of piperidine rings is 1. The number of aliphatic hydroxyl groups excluding tert-OH is 1. The van der Waals surface area contributed by atoms with Gasteiger partial charge in [-0.1, -0.05) is 0 Å². The molecule has 94 valence electrons. The van der Waals surface area contributed by atoms with Crippen molar-refractivity contribution in [2.45, 2.75) is 51.7 Å². The summed E-state index contributed by atoms with van der Waals surface area (Å²) >= 11 is 0. The maximum Gasteiger partial charge on any atom is 0.225 e. The molecular formula is C13H21N3O. The highest BCUT2D eigenvalue weighted by Gasteiger charge is 2.25. The van der Waals surface area contributed by atoms with E-state index in [1.54, 1.807) is 0 Å². The highest BCUT2D eigenvalue weighted by Crippen LogP contribution is 2.24. The molecule has 1 aliphatic rings. The molecule has 2 unspecified atom stereocenters. The SMILES string of the molecule is Cc1ccnc(N2CCCCC2CC(C)O)n1. The third kappa shape index (κ3) is 3.16. The Morgan fingerprint density at radius 3 is 3.06 bits per heavy atom. The average Bonchev–Trinajstić information content (AvgIpc) is 2.29. The molecule has 17 heavy (non-hydrogen) atoms. The second-order valence-corrected chi connectivity index (χ2v) is 4.93. The Labute approximate surface area is 103 Å². The fraction of sp³-hybridized carbons (Fsp3) is 0.692. The normalized spacial score (nSPS) is 22.5. The Kier molecular flexibility index (Phi) is 3.94. The van der Waals surface area contributed by atoms with E-state index in [4.69, 9.17) is 0 Å². The van der Waals surface area contributed by atoms with Gasteiger partial charge < -0.3 is 10.0 Å². The molecule has 0 aliphatic carbocycles. The molecule has 0 aromatic carbocycles. The first-order valence-electron chi connectivity index (χ1n) is 6.41. The Morgan fingerprint density at radius 2 is 2.35 bits per heavy atom. The Hall–Kier alpha value is -1.16. The van der Waals surface area contributed by atoms with Gasteiger partial charge in [0.1, 0.15) is 0 Å². The zero-order valence-electron chi connectivity index (χ0n) is 10.6. The zero-order valence-corrected chi connectivity index (χ0v) is 10.6. The van der Waals surface area contributed by atoms with Crippen LogP contribution in [0, 0.1) is 6.92 Å². The van der Waals surface area contributed by atoms with E-state index in [1.165, 1.54) is 12.8 Å². The van der Waals surface area contributed by atoms with Gasteiger partial charge in [0.2, 0.25) is 5.95 Å². The molecule has 2 atom stereocenters. The van der Waals surface area contributed by atoms with Gasteiger partial charge in [-0.3, -0.25) is 0 Å². The summed E-state index contributed by atoms with van der Waals surface area (Å²) in [7, 11) is 0. The summed E-state index contributed by atoms with van der Waals surface area (Å²) in [6.07, 6.45) is 5.91. The minimum absolute atomic E-state index is 0.259. The maximum atomic E-state index is 9.56. The second-order valence-electron chi connectivity index (χ2n) is 4.93. The standard InChI is InChI=1S/C13H21N3O/c1-10-6-7-14-13(15-10)16-8-4-3-5-12(16)9-11(2)17/h6-7,11-12,17H,3-5,8-9H2,1-2H3. The number of rotatable bonds is 3. The van der Waals surface area contributed by atoms with Crippen LogP contribution in [0.25, 0.3) is 0 Å². The summed E-state index contributed by atoms with van der Waals surface area (Å²) in [6.45, 7) is 4.84. The summed E-state index contributed by atoms with van der Waals surface area (Å²) in [6, 6.07) is 2.29. The van der Waals surface area contributed by atoms with E-state index in [-0.39, 0.29) is 6.10 Å². The van der Waals surface area contributed by atoms with Crippen LogP contribution >= 0.6 is 0 Å². The van der Waals surface area contributed by atoms with E-state index in [0.717, 1.165) is 31.0 Å². The first-order chi connectivity index (χ1) is 8.16. The minimum Gasteiger partial charge on any atom is -0.393 e. The molecule has 0 saturated carbocycles. The van der Waals surface area contributed by atoms with Crippen LogP contribution in [0.2, 0.25) is 0 Å². The van der Waals surface area contributed by atoms with Crippen LogP contribution in [0.1, 0.15) is 38.3 Å². The van der Waals surface area contributed by atoms with E-state index in [0.29, 0.717) is 6.04 Å². The lowest BCUT2D eigenvalue weighted by atomic mass is 9.98. The van der Waals surface area contributed by atoms with Crippen molar-refractivity contribution in [1.29, 1.82) is 0 Å². The topological polar surface area (TPSA) is 49.2 Å². The number of nitrogens with zero attached hydrogens (tertiary/aromatic N) is 3. The van der Waals surface area contributed by atoms with Crippen LogP contribution in [-0.2, 0) is 0 Å². The number of anilines is 1. The molecular weight excluding hydrogens is 214 g/mol. The Bertz CT molecular complexity index is 367. The van der Waals surface area contributed by atoms with Crippen LogP contribution in [0.4, 0.5) is 5.95 Å². The summed E-state index contributed by atoms with van der Waals surface area (Å²) in [5.41, 5.74) is 0.997. The second kappa shape index (κ2) is 5.45. The van der Waals surface area contributed by atoms with Gasteiger partial charge in [-0.05, 0) is 45.6 Å². The van der Waals surface area contributed by atoms with Crippen molar-refractivity contribution in [1.82, 2.24) is 9.97 Å². The van der Waals surface area contributed by atoms with Crippen molar-refractivity contribution in [3.63, 3.8) is 0 Å². The van der Waals surface area contributed by atoms with Gasteiger partial charge >= 0.3 is 0 Å². The summed E-state index contributed by atoms with van der Waals surface area (Å²) in [5, 5.41) is 9.56. The molecule has 2 rings (SSSR count). The summed E-state index contributed by atoms with van der Waals surface area (Å²) in [5.74, 6) is 0.815. The molecule has 1 aromatic heterocycles. The van der Waals surface area contributed by atoms with Crippen LogP contribution < -0.4 is 4.90 Å². The molecule has 1 fully saturated rings. The van der Waals surface area contributed by atoms with E-state index >= 15 is 0 Å². The number of hydrogen-bond donors (Lipinski definition) is 1. The molecule has 1 aliphatic heterocycles. The lowest BCUT2D eigenvalue weighted by Crippen LogP contribution is -2.42. The number of aryl methyl sites for hydroxylation is 1. The smallest absolute Gasteiger partial charge is 0.225 e. The van der Waals surface area contributed by atoms with Crippen LogP contribution in [0.3, 0.4) is 0 Å². The molecule has 4 nitrogen and oxygen atoms in total. The van der Waals surface area contributed by atoms with Gasteiger partial charge in [-0.15, -0.1) is 0 Å². The quantitative estimate of drug-likeness (QED) is 0.869. The van der Waals surface area contributed by atoms with Gasteiger partial charge in [0.05, 0.1) is 6.10 Å². The largest absolute Gasteiger partial charge is 0.393 e. The van der Waals surface area contributed by atoms with Crippen molar-refractivity contribution in [2.75, 3.05) is 11.4 Å². The summed E-state index contributed by atoms with van der Waals surface area (Å²) < 4.78 is 0. The average molecular weight is 235 g/mol. The molecule has 1 N–H and O–H groups in total. The monoisotopic (exact) mass is 235 g/mol. The van der Waals surface area contributed by atoms with Crippen LogP contribution in [-0.4, -0.2) is 33.8 Å². The van der Waals surface area contributed by atoms with Crippen molar-refractivity contribution in [3.8, 4) is 0 Å². The zero-order chi connectivity index (χ0) is 12.3. The van der Waals surface area contributed by atoms with Crippen LogP contribution in [0.5, 0.6) is 0 Å². The van der Waals surface area contributed by atoms with Crippen molar-refractivity contribution < 1.29 is 5.11 Å². The fourth-order valence-electron chi connectivity index (χ4n) is 2.48. The van der Waals surface area contributed by atoms with E-state index < -0.39 is 0 Å². The molecule has 1 saturated heterocycles. The minimum atomic E-state index is -0.259. The number of aromatic nitrogens is 2. The number of aliphatic hydroxyl groups is 1. The maximum absolute atomic E-state index is 9.56. The molecule has 0 bridgehead atoms. The molecule has 0 radical (unpaired) electrons. The Balaban J connectivity index is 2.15. The van der Waals surface area contributed by atoms with Crippen molar-refractivity contribution in [3.05, 3.63) is 18.0 Å². The fourth-order valence-corrected chi connectivity index (χ4v) is 2.48. The number of hydrogen-bond acceptors (Lipinski definition) is 4. The van der Waals surface area contributed by atoms with E-state index in [9.17, 15) is 5.11 Å². The van der Waals surface area contributed by atoms with E-state index in [1.807, 2.05) is 26.1 Å². The van der Waals surface area contributed by atoms with Gasteiger partial charge in [0.15, 0.2) is 0 Å². The lowest BCUT2D eigenvalue weighted by molar-refractivity contribution is 0.167. The highest BCUT2D eigenvalue weighted by atomic mass is 16.3. The lowest BCUT2D eigenvalue weighted by Gasteiger charge is -2.36. The van der Waals surface area contributed by atoms with Gasteiger partial charge in [-0.25, -0.2) is 9.97 Å².